The third-order valence-corrected chi connectivity index (χ3v) is 3.10. The van der Waals surface area contributed by atoms with Crippen LogP contribution >= 0.6 is 0 Å². The largest absolute Gasteiger partial charge is 0.516 e. The summed E-state index contributed by atoms with van der Waals surface area (Å²) >= 11 is 0. The Morgan fingerprint density at radius 3 is 1.74 bits per heavy atom. The quantitative estimate of drug-likeness (QED) is 0.778. The monoisotopic (exact) mass is 284 g/mol. The van der Waals surface area contributed by atoms with Crippen LogP contribution in [-0.4, -0.2) is 35.6 Å². The van der Waals surface area contributed by atoms with Crippen molar-refractivity contribution >= 4 is 14.3 Å². The molecule has 0 atom stereocenters. The van der Waals surface area contributed by atoms with Gasteiger partial charge >= 0.3 is 5.97 Å². The van der Waals surface area contributed by atoms with E-state index in [1.165, 1.54) is 21.3 Å². The van der Waals surface area contributed by atoms with Crippen LogP contribution in [0.3, 0.4) is 0 Å². The molecule has 0 saturated carbocycles. The van der Waals surface area contributed by atoms with E-state index in [1.54, 1.807) is 12.1 Å². The van der Waals surface area contributed by atoms with Crippen LogP contribution in [0.25, 0.3) is 0 Å². The second-order valence-electron chi connectivity index (χ2n) is 4.92. The summed E-state index contributed by atoms with van der Waals surface area (Å²) in [4.78, 5) is 12.1. The molecule has 0 bridgehead atoms. The van der Waals surface area contributed by atoms with Crippen LogP contribution in [-0.2, 0) is 4.43 Å². The lowest BCUT2D eigenvalue weighted by Gasteiger charge is -2.19. The van der Waals surface area contributed by atoms with E-state index in [1.807, 2.05) is 19.6 Å². The van der Waals surface area contributed by atoms with Crippen molar-refractivity contribution < 1.29 is 23.4 Å². The molecular formula is C13H20O5Si. The number of carbonyl (C=O) groups excluding carboxylic acids is 1. The van der Waals surface area contributed by atoms with Gasteiger partial charge in [0.05, 0.1) is 26.9 Å². The maximum Gasteiger partial charge on any atom is 0.325 e. The Morgan fingerprint density at radius 2 is 1.42 bits per heavy atom. The van der Waals surface area contributed by atoms with Gasteiger partial charge in [0.15, 0.2) is 11.5 Å². The molecule has 19 heavy (non-hydrogen) atoms. The molecule has 6 heteroatoms. The first-order chi connectivity index (χ1) is 8.82. The van der Waals surface area contributed by atoms with Crippen molar-refractivity contribution in [2.24, 2.45) is 0 Å². The van der Waals surface area contributed by atoms with Gasteiger partial charge in [-0.25, -0.2) is 4.79 Å². The van der Waals surface area contributed by atoms with Gasteiger partial charge in [0.1, 0.15) is 0 Å². The number of rotatable bonds is 5. The van der Waals surface area contributed by atoms with E-state index < -0.39 is 8.32 Å². The molecule has 0 fully saturated rings. The summed E-state index contributed by atoms with van der Waals surface area (Å²) in [6, 6.07) is 3.17. The molecular weight excluding hydrogens is 264 g/mol. The number of hydrogen-bond acceptors (Lipinski definition) is 5. The molecule has 1 aromatic rings. The van der Waals surface area contributed by atoms with Crippen LogP contribution in [0.5, 0.6) is 17.2 Å². The Morgan fingerprint density at radius 1 is 0.947 bits per heavy atom. The first-order valence-corrected chi connectivity index (χ1v) is 9.26. The topological polar surface area (TPSA) is 54.0 Å². The van der Waals surface area contributed by atoms with Crippen molar-refractivity contribution in [2.45, 2.75) is 19.6 Å². The van der Waals surface area contributed by atoms with Crippen molar-refractivity contribution in [3.8, 4) is 17.2 Å². The third kappa shape index (κ3) is 3.89. The van der Waals surface area contributed by atoms with Gasteiger partial charge in [0.2, 0.25) is 14.1 Å². The van der Waals surface area contributed by atoms with Crippen LogP contribution in [0.4, 0.5) is 0 Å². The summed E-state index contributed by atoms with van der Waals surface area (Å²) in [6.45, 7) is 5.84. The number of benzene rings is 1. The summed E-state index contributed by atoms with van der Waals surface area (Å²) in [5, 5.41) is 0. The maximum absolute atomic E-state index is 12.1. The maximum atomic E-state index is 12.1. The van der Waals surface area contributed by atoms with E-state index in [-0.39, 0.29) is 5.97 Å². The van der Waals surface area contributed by atoms with Gasteiger partial charge < -0.3 is 18.6 Å². The van der Waals surface area contributed by atoms with Gasteiger partial charge in [-0.3, -0.25) is 0 Å². The molecule has 106 valence electrons. The van der Waals surface area contributed by atoms with Gasteiger partial charge in [-0.15, -0.1) is 0 Å². The fourth-order valence-electron chi connectivity index (χ4n) is 1.54. The average Bonchev–Trinajstić information content (AvgIpc) is 2.34. The molecule has 1 aromatic carbocycles. The van der Waals surface area contributed by atoms with E-state index in [9.17, 15) is 4.79 Å². The van der Waals surface area contributed by atoms with Crippen LogP contribution in [0.2, 0.25) is 19.6 Å². The Hall–Kier alpha value is -1.69. The van der Waals surface area contributed by atoms with E-state index in [2.05, 4.69) is 0 Å². The SMILES string of the molecule is COc1cc(C(=O)O[Si](C)(C)C)cc(OC)c1OC. The Kier molecular flexibility index (Phi) is 4.82. The second-order valence-corrected chi connectivity index (χ2v) is 9.34. The first-order valence-electron chi connectivity index (χ1n) is 5.85. The van der Waals surface area contributed by atoms with Crippen LogP contribution < -0.4 is 14.2 Å². The minimum Gasteiger partial charge on any atom is -0.516 e. The average molecular weight is 284 g/mol. The fourth-order valence-corrected chi connectivity index (χ4v) is 2.21. The smallest absolute Gasteiger partial charge is 0.325 e. The molecule has 0 spiro atoms. The summed E-state index contributed by atoms with van der Waals surface area (Å²) in [5.41, 5.74) is 0.386. The lowest BCUT2D eigenvalue weighted by molar-refractivity contribution is 0.0723. The highest BCUT2D eigenvalue weighted by atomic mass is 28.4. The molecule has 0 radical (unpaired) electrons. The number of ether oxygens (including phenoxy) is 3. The lowest BCUT2D eigenvalue weighted by atomic mass is 10.2. The van der Waals surface area contributed by atoms with E-state index in [4.69, 9.17) is 18.6 Å². The van der Waals surface area contributed by atoms with Gasteiger partial charge in [0, 0.05) is 0 Å². The first kappa shape index (κ1) is 15.4. The summed E-state index contributed by atoms with van der Waals surface area (Å²) in [7, 11) is 2.58. The molecule has 0 aliphatic carbocycles. The molecule has 0 N–H and O–H groups in total. The highest BCUT2D eigenvalue weighted by Gasteiger charge is 2.23. The van der Waals surface area contributed by atoms with Crippen LogP contribution in [0, 0.1) is 0 Å². The second kappa shape index (κ2) is 5.97. The van der Waals surface area contributed by atoms with Crippen molar-refractivity contribution in [3.63, 3.8) is 0 Å². The van der Waals surface area contributed by atoms with Crippen molar-refractivity contribution in [2.75, 3.05) is 21.3 Å². The zero-order valence-corrected chi connectivity index (χ0v) is 13.2. The van der Waals surface area contributed by atoms with Gasteiger partial charge in [-0.2, -0.15) is 0 Å². The standard InChI is InChI=1S/C13H20O5Si/c1-15-10-7-9(13(14)18-19(4,5)6)8-11(16-2)12(10)17-3/h7-8H,1-6H3. The van der Waals surface area contributed by atoms with Crippen LogP contribution in [0.15, 0.2) is 12.1 Å². The summed E-state index contributed by atoms with van der Waals surface area (Å²) < 4.78 is 21.0. The van der Waals surface area contributed by atoms with Crippen LogP contribution in [0.1, 0.15) is 10.4 Å². The molecule has 0 amide bonds. The van der Waals surface area contributed by atoms with Crippen molar-refractivity contribution in [3.05, 3.63) is 17.7 Å². The molecule has 0 aromatic heterocycles. The minimum atomic E-state index is -1.94. The number of carbonyl (C=O) groups is 1. The zero-order chi connectivity index (χ0) is 14.6. The van der Waals surface area contributed by atoms with Gasteiger partial charge in [-0.1, -0.05) is 0 Å². The predicted molar refractivity (Wildman–Crippen MR) is 74.9 cm³/mol. The number of hydrogen-bond donors (Lipinski definition) is 0. The zero-order valence-electron chi connectivity index (χ0n) is 12.2. The van der Waals surface area contributed by atoms with E-state index >= 15 is 0 Å². The van der Waals surface area contributed by atoms with E-state index in [0.29, 0.717) is 22.8 Å². The van der Waals surface area contributed by atoms with Gasteiger partial charge in [0.25, 0.3) is 0 Å². The minimum absolute atomic E-state index is 0.376. The molecule has 0 unspecified atom stereocenters. The lowest BCUT2D eigenvalue weighted by Crippen LogP contribution is -2.29. The molecule has 0 heterocycles. The molecule has 0 aliphatic rings. The molecule has 5 nitrogen and oxygen atoms in total. The highest BCUT2D eigenvalue weighted by molar-refractivity contribution is 6.71. The number of methoxy groups -OCH3 is 3. The summed E-state index contributed by atoms with van der Waals surface area (Å²) in [6.07, 6.45) is 0. The molecule has 1 rings (SSSR count). The Bertz CT molecular complexity index is 440. The summed E-state index contributed by atoms with van der Waals surface area (Å²) in [5.74, 6) is 0.946. The van der Waals surface area contributed by atoms with Crippen molar-refractivity contribution in [1.29, 1.82) is 0 Å². The predicted octanol–water partition coefficient (Wildman–Crippen LogP) is 2.70. The van der Waals surface area contributed by atoms with E-state index in [0.717, 1.165) is 0 Å². The highest BCUT2D eigenvalue weighted by Crippen LogP contribution is 2.38. The van der Waals surface area contributed by atoms with Crippen molar-refractivity contribution in [1.82, 2.24) is 0 Å². The molecule has 0 aliphatic heterocycles. The Labute approximate surface area is 114 Å². The normalized spacial score (nSPS) is 10.8. The molecule has 0 saturated heterocycles. The fraction of sp³-hybridized carbons (Fsp3) is 0.462. The third-order valence-electron chi connectivity index (χ3n) is 2.30. The Balaban J connectivity index is 3.19. The van der Waals surface area contributed by atoms with Gasteiger partial charge in [-0.05, 0) is 31.8 Å².